The van der Waals surface area contributed by atoms with Crippen LogP contribution in [0.4, 0.5) is 10.5 Å². The highest BCUT2D eigenvalue weighted by Crippen LogP contribution is 2.44. The lowest BCUT2D eigenvalue weighted by Crippen LogP contribution is -2.49. The van der Waals surface area contributed by atoms with Crippen molar-refractivity contribution in [2.45, 2.75) is 63.8 Å². The molecule has 2 heterocycles. The number of urea groups is 1. The minimum atomic E-state index is -3.26. The maximum Gasteiger partial charge on any atom is 0.328 e. The van der Waals surface area contributed by atoms with Crippen LogP contribution in [0.5, 0.6) is 5.75 Å². The second-order valence-electron chi connectivity index (χ2n) is 10.2. The molecule has 10 heteroatoms. The number of anilines is 1. The number of methoxy groups -OCH3 is 1. The van der Waals surface area contributed by atoms with Crippen LogP contribution >= 0.6 is 0 Å². The molecule has 2 aliphatic rings. The summed E-state index contributed by atoms with van der Waals surface area (Å²) < 4.78 is 31.9. The Morgan fingerprint density at radius 2 is 1.94 bits per heavy atom. The summed E-state index contributed by atoms with van der Waals surface area (Å²) in [7, 11) is -1.63. The van der Waals surface area contributed by atoms with Crippen LogP contribution in [0.15, 0.2) is 18.3 Å². The van der Waals surface area contributed by atoms with Crippen LogP contribution in [0.1, 0.15) is 63.5 Å². The van der Waals surface area contributed by atoms with Crippen LogP contribution in [-0.2, 0) is 20.2 Å². The number of rotatable bonds is 5. The fourth-order valence-corrected chi connectivity index (χ4v) is 5.79. The number of hydrogen-bond acceptors (Lipinski definition) is 6. The van der Waals surface area contributed by atoms with E-state index in [1.807, 2.05) is 12.3 Å². The summed E-state index contributed by atoms with van der Waals surface area (Å²) in [4.78, 5) is 30.7. The number of nitrogens with one attached hydrogen (secondary N) is 2. The first-order chi connectivity index (χ1) is 15.9. The van der Waals surface area contributed by atoms with Gasteiger partial charge in [-0.25, -0.2) is 17.9 Å². The van der Waals surface area contributed by atoms with Crippen molar-refractivity contribution in [2.24, 2.45) is 0 Å². The molecular weight excluding hydrogens is 456 g/mol. The van der Waals surface area contributed by atoms with Gasteiger partial charge in [0.15, 0.2) is 0 Å². The van der Waals surface area contributed by atoms with Crippen molar-refractivity contribution >= 4 is 38.6 Å². The van der Waals surface area contributed by atoms with E-state index in [1.165, 1.54) is 6.26 Å². The van der Waals surface area contributed by atoms with Gasteiger partial charge in [-0.3, -0.25) is 20.0 Å². The van der Waals surface area contributed by atoms with Crippen molar-refractivity contribution in [3.8, 4) is 5.75 Å². The zero-order valence-corrected chi connectivity index (χ0v) is 21.1. The molecule has 184 valence electrons. The summed E-state index contributed by atoms with van der Waals surface area (Å²) in [6.07, 6.45) is 5.53. The molecule has 1 saturated carbocycles. The molecule has 2 aromatic rings. The standard InChI is InChI=1S/C24H32N4O5S/c1-24(2,3)18-12-19(28-9-8-20(29)26-23(28)30)21-17(22(18)33-4)11-15(13-25-21)14-6-7-16(10-14)27-34(5,31)32/h11-14,16,27H,6-10H2,1-5H3,(H,26,29,30)/t14?,16-/m0/s1. The van der Waals surface area contributed by atoms with E-state index in [0.29, 0.717) is 23.4 Å². The molecule has 0 radical (unpaired) electrons. The summed E-state index contributed by atoms with van der Waals surface area (Å²) in [6.45, 7) is 6.52. The number of fused-ring (bicyclic) bond motifs is 1. The van der Waals surface area contributed by atoms with Gasteiger partial charge in [0.25, 0.3) is 0 Å². The molecule has 0 bridgehead atoms. The maximum atomic E-state index is 12.7. The molecule has 1 unspecified atom stereocenters. The van der Waals surface area contributed by atoms with Crippen LogP contribution in [-0.4, -0.2) is 51.3 Å². The second-order valence-corrected chi connectivity index (χ2v) is 12.0. The Bertz CT molecular complexity index is 1250. The summed E-state index contributed by atoms with van der Waals surface area (Å²) >= 11 is 0. The zero-order chi connectivity index (χ0) is 24.8. The minimum Gasteiger partial charge on any atom is -0.496 e. The number of carbonyl (C=O) groups excluding carboxylic acids is 2. The number of hydrogen-bond donors (Lipinski definition) is 2. The largest absolute Gasteiger partial charge is 0.496 e. The van der Waals surface area contributed by atoms with Crippen molar-refractivity contribution in [1.29, 1.82) is 0 Å². The number of sulfonamides is 1. The van der Waals surface area contributed by atoms with Crippen molar-refractivity contribution in [2.75, 3.05) is 24.8 Å². The number of aromatic nitrogens is 1. The molecule has 4 rings (SSSR count). The smallest absolute Gasteiger partial charge is 0.328 e. The van der Waals surface area contributed by atoms with E-state index in [2.05, 4.69) is 36.9 Å². The molecule has 2 fully saturated rings. The van der Waals surface area contributed by atoms with E-state index in [4.69, 9.17) is 9.72 Å². The quantitative estimate of drug-likeness (QED) is 0.668. The SMILES string of the molecule is COc1c(C(C)(C)C)cc(N2CCC(=O)NC2=O)c2ncc(C3CC[C@H](NS(C)(=O)=O)C3)cc12. The van der Waals surface area contributed by atoms with Crippen molar-refractivity contribution < 1.29 is 22.7 Å². The zero-order valence-electron chi connectivity index (χ0n) is 20.3. The molecule has 9 nitrogen and oxygen atoms in total. The monoisotopic (exact) mass is 488 g/mol. The van der Waals surface area contributed by atoms with Crippen molar-refractivity contribution in [3.05, 3.63) is 29.5 Å². The third-order valence-corrected chi connectivity index (χ3v) is 7.32. The topological polar surface area (TPSA) is 118 Å². The maximum absolute atomic E-state index is 12.7. The van der Waals surface area contributed by atoms with Crippen molar-refractivity contribution in [1.82, 2.24) is 15.0 Å². The van der Waals surface area contributed by atoms with Crippen LogP contribution in [0, 0.1) is 0 Å². The highest BCUT2D eigenvalue weighted by molar-refractivity contribution is 7.88. The van der Waals surface area contributed by atoms with Gasteiger partial charge in [0, 0.05) is 36.2 Å². The number of carbonyl (C=O) groups is 2. The highest BCUT2D eigenvalue weighted by Gasteiger charge is 2.32. The summed E-state index contributed by atoms with van der Waals surface area (Å²) in [5.41, 5.74) is 2.94. The predicted octanol–water partition coefficient (Wildman–Crippen LogP) is 3.17. The number of amides is 3. The van der Waals surface area contributed by atoms with Gasteiger partial charge in [-0.1, -0.05) is 20.8 Å². The molecule has 34 heavy (non-hydrogen) atoms. The van der Waals surface area contributed by atoms with Crippen LogP contribution in [0.2, 0.25) is 0 Å². The Balaban J connectivity index is 1.82. The summed E-state index contributed by atoms with van der Waals surface area (Å²) in [5.74, 6) is 0.584. The molecule has 1 aliphatic heterocycles. The third kappa shape index (κ3) is 4.88. The minimum absolute atomic E-state index is 0.0938. The van der Waals surface area contributed by atoms with Gasteiger partial charge < -0.3 is 4.74 Å². The van der Waals surface area contributed by atoms with E-state index >= 15 is 0 Å². The number of ether oxygens (including phenoxy) is 1. The Labute approximate surface area is 200 Å². The fourth-order valence-electron chi connectivity index (χ4n) is 4.97. The van der Waals surface area contributed by atoms with Gasteiger partial charge in [-0.2, -0.15) is 0 Å². The lowest BCUT2D eigenvalue weighted by molar-refractivity contribution is -0.120. The molecule has 1 aromatic heterocycles. The second kappa shape index (κ2) is 8.81. The third-order valence-electron chi connectivity index (χ3n) is 6.56. The Hall–Kier alpha value is -2.72. The average Bonchev–Trinajstić information content (AvgIpc) is 3.18. The number of pyridine rings is 1. The molecule has 1 saturated heterocycles. The first kappa shape index (κ1) is 24.4. The normalized spacial score (nSPS) is 21.7. The number of nitrogens with zero attached hydrogens (tertiary/aromatic N) is 2. The van der Waals surface area contributed by atoms with Gasteiger partial charge in [-0.05, 0) is 48.3 Å². The van der Waals surface area contributed by atoms with Crippen LogP contribution in [0.3, 0.4) is 0 Å². The average molecular weight is 489 g/mol. The fraction of sp³-hybridized carbons (Fsp3) is 0.542. The lowest BCUT2D eigenvalue weighted by Gasteiger charge is -2.31. The van der Waals surface area contributed by atoms with E-state index in [0.717, 1.165) is 29.4 Å². The first-order valence-electron chi connectivity index (χ1n) is 11.5. The highest BCUT2D eigenvalue weighted by atomic mass is 32.2. The molecule has 2 atom stereocenters. The van der Waals surface area contributed by atoms with Gasteiger partial charge in [0.1, 0.15) is 5.75 Å². The number of benzene rings is 1. The molecule has 1 aliphatic carbocycles. The Morgan fingerprint density at radius 3 is 2.56 bits per heavy atom. The summed E-state index contributed by atoms with van der Waals surface area (Å²) in [5, 5.41) is 3.19. The van der Waals surface area contributed by atoms with E-state index < -0.39 is 16.1 Å². The first-order valence-corrected chi connectivity index (χ1v) is 13.4. The van der Waals surface area contributed by atoms with E-state index in [-0.39, 0.29) is 36.2 Å². The van der Waals surface area contributed by atoms with E-state index in [9.17, 15) is 18.0 Å². The van der Waals surface area contributed by atoms with E-state index in [1.54, 1.807) is 12.0 Å². The molecular formula is C24H32N4O5S. The molecule has 2 N–H and O–H groups in total. The van der Waals surface area contributed by atoms with Crippen LogP contribution < -0.4 is 19.7 Å². The Morgan fingerprint density at radius 1 is 1.21 bits per heavy atom. The number of imide groups is 1. The molecule has 3 amide bonds. The van der Waals surface area contributed by atoms with Gasteiger partial charge in [-0.15, -0.1) is 0 Å². The van der Waals surface area contributed by atoms with Gasteiger partial charge in [0.05, 0.1) is 24.6 Å². The molecule has 0 spiro atoms. The Kier molecular flexibility index (Phi) is 6.32. The lowest BCUT2D eigenvalue weighted by atomic mass is 9.84. The van der Waals surface area contributed by atoms with Crippen molar-refractivity contribution in [3.63, 3.8) is 0 Å². The van der Waals surface area contributed by atoms with Crippen LogP contribution in [0.25, 0.3) is 10.9 Å². The van der Waals surface area contributed by atoms with Gasteiger partial charge >= 0.3 is 6.03 Å². The predicted molar refractivity (Wildman–Crippen MR) is 131 cm³/mol. The molecule has 1 aromatic carbocycles. The summed E-state index contributed by atoms with van der Waals surface area (Å²) in [6, 6.07) is 3.44. The van der Waals surface area contributed by atoms with Gasteiger partial charge in [0.2, 0.25) is 15.9 Å².